The lowest BCUT2D eigenvalue weighted by Gasteiger charge is -2.34. The Balaban J connectivity index is 1.79. The summed E-state index contributed by atoms with van der Waals surface area (Å²) in [5, 5.41) is 3.48. The average Bonchev–Trinajstić information content (AvgIpc) is 2.64. The topological polar surface area (TPSA) is 61.4 Å². The van der Waals surface area contributed by atoms with E-state index in [-0.39, 0.29) is 5.91 Å². The molecule has 1 saturated heterocycles. The SMILES string of the molecule is CCN1CCN(c2nc(C)cc(C(=O)Nc3cc(Cl)ccc3C)n2)CC1. The lowest BCUT2D eigenvalue weighted by Crippen LogP contribution is -2.47. The lowest BCUT2D eigenvalue weighted by atomic mass is 10.2. The van der Waals surface area contributed by atoms with Crippen LogP contribution in [0.1, 0.15) is 28.7 Å². The number of nitrogens with zero attached hydrogens (tertiary/aromatic N) is 4. The largest absolute Gasteiger partial charge is 0.338 e. The zero-order valence-corrected chi connectivity index (χ0v) is 16.2. The highest BCUT2D eigenvalue weighted by Gasteiger charge is 2.20. The molecule has 138 valence electrons. The van der Waals surface area contributed by atoms with E-state index < -0.39 is 0 Å². The van der Waals surface area contributed by atoms with Gasteiger partial charge in [0.1, 0.15) is 5.69 Å². The lowest BCUT2D eigenvalue weighted by molar-refractivity contribution is 0.102. The molecule has 0 aliphatic carbocycles. The summed E-state index contributed by atoms with van der Waals surface area (Å²) in [4.78, 5) is 26.3. The second-order valence-corrected chi connectivity index (χ2v) is 6.97. The van der Waals surface area contributed by atoms with Crippen molar-refractivity contribution < 1.29 is 4.79 Å². The number of amides is 1. The molecular formula is C19H24ClN5O. The van der Waals surface area contributed by atoms with Gasteiger partial charge in [-0.3, -0.25) is 4.79 Å². The smallest absolute Gasteiger partial charge is 0.274 e. The highest BCUT2D eigenvalue weighted by molar-refractivity contribution is 6.31. The van der Waals surface area contributed by atoms with Crippen LogP contribution in [0, 0.1) is 13.8 Å². The molecule has 1 fully saturated rings. The van der Waals surface area contributed by atoms with Gasteiger partial charge in [0.2, 0.25) is 5.95 Å². The summed E-state index contributed by atoms with van der Waals surface area (Å²) in [6.07, 6.45) is 0. The predicted octanol–water partition coefficient (Wildman–Crippen LogP) is 3.14. The van der Waals surface area contributed by atoms with Gasteiger partial charge in [0.05, 0.1) is 0 Å². The van der Waals surface area contributed by atoms with Gasteiger partial charge in [0, 0.05) is 42.6 Å². The molecule has 0 radical (unpaired) electrons. The number of piperazine rings is 1. The Labute approximate surface area is 159 Å². The third-order valence-electron chi connectivity index (χ3n) is 4.63. The van der Waals surface area contributed by atoms with Crippen molar-refractivity contribution in [2.45, 2.75) is 20.8 Å². The Bertz CT molecular complexity index is 803. The van der Waals surface area contributed by atoms with Gasteiger partial charge in [-0.25, -0.2) is 9.97 Å². The summed E-state index contributed by atoms with van der Waals surface area (Å²) in [5.74, 6) is 0.364. The molecule has 3 rings (SSSR count). The number of hydrogen-bond donors (Lipinski definition) is 1. The van der Waals surface area contributed by atoms with Crippen LogP contribution in [0.25, 0.3) is 0 Å². The number of benzene rings is 1. The number of anilines is 2. The molecule has 1 aromatic heterocycles. The molecule has 1 N–H and O–H groups in total. The Morgan fingerprint density at radius 2 is 1.88 bits per heavy atom. The van der Waals surface area contributed by atoms with Crippen molar-refractivity contribution in [1.82, 2.24) is 14.9 Å². The van der Waals surface area contributed by atoms with E-state index in [9.17, 15) is 4.79 Å². The first-order valence-corrected chi connectivity index (χ1v) is 9.24. The molecule has 0 saturated carbocycles. The number of halogens is 1. The Morgan fingerprint density at radius 1 is 1.15 bits per heavy atom. The zero-order chi connectivity index (χ0) is 18.7. The molecule has 7 heteroatoms. The second-order valence-electron chi connectivity index (χ2n) is 6.53. The quantitative estimate of drug-likeness (QED) is 0.892. The van der Waals surface area contributed by atoms with Gasteiger partial charge in [0.15, 0.2) is 0 Å². The minimum atomic E-state index is -0.255. The minimum Gasteiger partial charge on any atom is -0.338 e. The van der Waals surface area contributed by atoms with Crippen molar-refractivity contribution in [1.29, 1.82) is 0 Å². The fourth-order valence-electron chi connectivity index (χ4n) is 2.99. The van der Waals surface area contributed by atoms with Crippen LogP contribution in [0.15, 0.2) is 24.3 Å². The first-order chi connectivity index (χ1) is 12.5. The number of nitrogens with one attached hydrogen (secondary N) is 1. The molecule has 1 amide bonds. The van der Waals surface area contributed by atoms with Crippen LogP contribution >= 0.6 is 11.6 Å². The number of carbonyl (C=O) groups is 1. The van der Waals surface area contributed by atoms with E-state index in [0.717, 1.165) is 44.0 Å². The molecule has 0 atom stereocenters. The Kier molecular flexibility index (Phi) is 5.74. The number of likely N-dealkylation sites (N-methyl/N-ethyl adjacent to an activating group) is 1. The zero-order valence-electron chi connectivity index (χ0n) is 15.4. The van der Waals surface area contributed by atoms with Crippen LogP contribution in [0.4, 0.5) is 11.6 Å². The van der Waals surface area contributed by atoms with Gasteiger partial charge >= 0.3 is 0 Å². The van der Waals surface area contributed by atoms with Gasteiger partial charge < -0.3 is 15.1 Å². The highest BCUT2D eigenvalue weighted by Crippen LogP contribution is 2.21. The number of aromatic nitrogens is 2. The maximum Gasteiger partial charge on any atom is 0.274 e. The summed E-state index contributed by atoms with van der Waals surface area (Å²) < 4.78 is 0. The number of hydrogen-bond acceptors (Lipinski definition) is 5. The summed E-state index contributed by atoms with van der Waals surface area (Å²) in [7, 11) is 0. The van der Waals surface area contributed by atoms with Crippen LogP contribution in [-0.2, 0) is 0 Å². The van der Waals surface area contributed by atoms with E-state index in [1.807, 2.05) is 19.9 Å². The molecular weight excluding hydrogens is 350 g/mol. The van der Waals surface area contributed by atoms with Gasteiger partial charge in [-0.05, 0) is 44.2 Å². The minimum absolute atomic E-state index is 0.255. The monoisotopic (exact) mass is 373 g/mol. The van der Waals surface area contributed by atoms with Crippen LogP contribution in [0.2, 0.25) is 5.02 Å². The second kappa shape index (κ2) is 8.01. The van der Waals surface area contributed by atoms with Crippen LogP contribution in [0.5, 0.6) is 0 Å². The summed E-state index contributed by atoms with van der Waals surface area (Å²) in [5.41, 5.74) is 2.78. The van der Waals surface area contributed by atoms with Crippen molar-refractivity contribution in [3.05, 3.63) is 46.2 Å². The van der Waals surface area contributed by atoms with E-state index in [1.54, 1.807) is 18.2 Å². The van der Waals surface area contributed by atoms with Crippen LogP contribution in [0.3, 0.4) is 0 Å². The molecule has 0 unspecified atom stereocenters. The van der Waals surface area contributed by atoms with E-state index in [4.69, 9.17) is 11.6 Å². The molecule has 6 nitrogen and oxygen atoms in total. The maximum absolute atomic E-state index is 12.7. The molecule has 0 spiro atoms. The maximum atomic E-state index is 12.7. The van der Waals surface area contributed by atoms with Crippen molar-refractivity contribution in [2.24, 2.45) is 0 Å². The Morgan fingerprint density at radius 3 is 2.58 bits per heavy atom. The third-order valence-corrected chi connectivity index (χ3v) is 4.86. The molecule has 1 aliphatic heterocycles. The first-order valence-electron chi connectivity index (χ1n) is 8.86. The predicted molar refractivity (Wildman–Crippen MR) is 105 cm³/mol. The molecule has 26 heavy (non-hydrogen) atoms. The van der Waals surface area contributed by atoms with Gasteiger partial charge in [-0.1, -0.05) is 24.6 Å². The number of carbonyl (C=O) groups excluding carboxylic acids is 1. The van der Waals surface area contributed by atoms with Gasteiger partial charge in [0.25, 0.3) is 5.91 Å². The third kappa shape index (κ3) is 4.31. The number of aryl methyl sites for hydroxylation is 2. The van der Waals surface area contributed by atoms with Crippen molar-refractivity contribution >= 4 is 29.1 Å². The molecule has 0 bridgehead atoms. The van der Waals surface area contributed by atoms with Crippen molar-refractivity contribution in [3.63, 3.8) is 0 Å². The molecule has 1 aliphatic rings. The van der Waals surface area contributed by atoms with E-state index in [2.05, 4.69) is 32.0 Å². The Hall–Kier alpha value is -2.18. The molecule has 2 aromatic rings. The van der Waals surface area contributed by atoms with E-state index in [0.29, 0.717) is 22.4 Å². The standard InChI is InChI=1S/C19H24ClN5O/c1-4-24-7-9-25(10-8-24)19-21-14(3)11-17(23-19)18(26)22-16-12-15(20)6-5-13(16)2/h5-6,11-12H,4,7-10H2,1-3H3,(H,22,26). The van der Waals surface area contributed by atoms with E-state index >= 15 is 0 Å². The average molecular weight is 374 g/mol. The molecule has 1 aromatic carbocycles. The summed E-state index contributed by atoms with van der Waals surface area (Å²) in [6.45, 7) is 10.7. The molecule has 2 heterocycles. The van der Waals surface area contributed by atoms with Crippen LogP contribution < -0.4 is 10.2 Å². The van der Waals surface area contributed by atoms with Gasteiger partial charge in [-0.15, -0.1) is 0 Å². The fraction of sp³-hybridized carbons (Fsp3) is 0.421. The van der Waals surface area contributed by atoms with E-state index in [1.165, 1.54) is 0 Å². The van der Waals surface area contributed by atoms with Gasteiger partial charge in [-0.2, -0.15) is 0 Å². The summed E-state index contributed by atoms with van der Waals surface area (Å²) in [6, 6.07) is 7.13. The highest BCUT2D eigenvalue weighted by atomic mass is 35.5. The number of rotatable bonds is 4. The first kappa shape index (κ1) is 18.6. The van der Waals surface area contributed by atoms with Crippen LogP contribution in [-0.4, -0.2) is 53.5 Å². The van der Waals surface area contributed by atoms with Crippen molar-refractivity contribution in [2.75, 3.05) is 42.9 Å². The van der Waals surface area contributed by atoms with Crippen molar-refractivity contribution in [3.8, 4) is 0 Å². The summed E-state index contributed by atoms with van der Waals surface area (Å²) >= 11 is 6.03. The fourth-order valence-corrected chi connectivity index (χ4v) is 3.16. The normalized spacial score (nSPS) is 15.2.